The van der Waals surface area contributed by atoms with E-state index in [-0.39, 0.29) is 6.10 Å². The molecule has 1 saturated heterocycles. The third-order valence-corrected chi connectivity index (χ3v) is 4.24. The zero-order valence-corrected chi connectivity index (χ0v) is 15.0. The molecule has 27 heavy (non-hydrogen) atoms. The Hall–Kier alpha value is -2.97. The van der Waals surface area contributed by atoms with E-state index in [4.69, 9.17) is 19.9 Å². The molecule has 140 valence electrons. The van der Waals surface area contributed by atoms with E-state index in [1.54, 1.807) is 6.20 Å². The average Bonchev–Trinajstić information content (AvgIpc) is 2.92. The summed E-state index contributed by atoms with van der Waals surface area (Å²) in [5, 5.41) is 4.23. The normalized spacial score (nSPS) is 15.4. The lowest BCUT2D eigenvalue weighted by Crippen LogP contribution is -2.26. The van der Waals surface area contributed by atoms with Gasteiger partial charge >= 0.3 is 0 Å². The van der Waals surface area contributed by atoms with Crippen LogP contribution < -0.4 is 15.8 Å². The van der Waals surface area contributed by atoms with Crippen LogP contribution in [0.1, 0.15) is 5.56 Å². The van der Waals surface area contributed by atoms with E-state index in [1.165, 1.54) is 6.33 Å². The predicted molar refractivity (Wildman–Crippen MR) is 102 cm³/mol. The van der Waals surface area contributed by atoms with Crippen molar-refractivity contribution in [3.8, 4) is 5.88 Å². The van der Waals surface area contributed by atoms with Gasteiger partial charge in [-0.1, -0.05) is 0 Å². The van der Waals surface area contributed by atoms with E-state index in [2.05, 4.69) is 20.3 Å². The van der Waals surface area contributed by atoms with Crippen molar-refractivity contribution < 1.29 is 14.2 Å². The average molecular weight is 367 g/mol. The largest absolute Gasteiger partial charge is 0.468 e. The molecule has 0 aliphatic carbocycles. The van der Waals surface area contributed by atoms with Crippen LogP contribution in [0.5, 0.6) is 5.88 Å². The molecular weight excluding hydrogens is 346 g/mol. The smallest absolute Gasteiger partial charge is 0.238 e. The van der Waals surface area contributed by atoms with Gasteiger partial charge in [-0.2, -0.15) is 0 Å². The van der Waals surface area contributed by atoms with Gasteiger partial charge < -0.3 is 25.3 Å². The van der Waals surface area contributed by atoms with Crippen molar-refractivity contribution >= 4 is 28.1 Å². The predicted octanol–water partition coefficient (Wildman–Crippen LogP) is 2.45. The van der Waals surface area contributed by atoms with E-state index in [0.717, 1.165) is 16.5 Å². The van der Waals surface area contributed by atoms with Crippen LogP contribution in [-0.4, -0.2) is 47.5 Å². The van der Waals surface area contributed by atoms with Gasteiger partial charge in [-0.3, -0.25) is 0 Å². The Labute approximate surface area is 156 Å². The minimum absolute atomic E-state index is 0.216. The lowest BCUT2D eigenvalue weighted by Gasteiger charge is -2.18. The van der Waals surface area contributed by atoms with Gasteiger partial charge in [0.05, 0.1) is 31.9 Å². The van der Waals surface area contributed by atoms with Crippen LogP contribution in [0.25, 0.3) is 10.9 Å². The number of pyridine rings is 1. The second-order valence-corrected chi connectivity index (χ2v) is 6.33. The van der Waals surface area contributed by atoms with E-state index < -0.39 is 0 Å². The van der Waals surface area contributed by atoms with Crippen LogP contribution in [-0.2, 0) is 9.47 Å². The first-order valence-corrected chi connectivity index (χ1v) is 8.76. The van der Waals surface area contributed by atoms with Crippen LogP contribution in [0.2, 0.25) is 0 Å². The Kier molecular flexibility index (Phi) is 4.99. The van der Waals surface area contributed by atoms with Gasteiger partial charge in [0.2, 0.25) is 5.88 Å². The Balaban J connectivity index is 1.65. The molecule has 4 rings (SSSR count). The van der Waals surface area contributed by atoms with Crippen molar-refractivity contribution in [3.63, 3.8) is 0 Å². The number of nitrogens with one attached hydrogen (secondary N) is 1. The summed E-state index contributed by atoms with van der Waals surface area (Å²) in [4.78, 5) is 13.1. The molecule has 0 spiro atoms. The summed E-state index contributed by atoms with van der Waals surface area (Å²) in [5.74, 6) is 1.14. The van der Waals surface area contributed by atoms with Crippen molar-refractivity contribution in [1.82, 2.24) is 15.0 Å². The van der Waals surface area contributed by atoms with E-state index >= 15 is 0 Å². The summed E-state index contributed by atoms with van der Waals surface area (Å²) in [5.41, 5.74) is 9.08. The molecular formula is C19H21N5O3. The van der Waals surface area contributed by atoms with Crippen molar-refractivity contribution in [2.75, 3.05) is 37.5 Å². The second kappa shape index (κ2) is 7.73. The number of nitrogen functional groups attached to an aromatic ring is 1. The van der Waals surface area contributed by atoms with Gasteiger partial charge in [0.25, 0.3) is 0 Å². The van der Waals surface area contributed by atoms with E-state index in [0.29, 0.717) is 49.5 Å². The maximum Gasteiger partial charge on any atom is 0.238 e. The fraction of sp³-hybridized carbons (Fsp3) is 0.316. The van der Waals surface area contributed by atoms with Gasteiger partial charge in [0, 0.05) is 17.3 Å². The summed E-state index contributed by atoms with van der Waals surface area (Å²) in [6.45, 7) is 4.05. The first kappa shape index (κ1) is 17.4. The molecule has 0 unspecified atom stereocenters. The zero-order valence-electron chi connectivity index (χ0n) is 15.0. The van der Waals surface area contributed by atoms with Crippen LogP contribution in [0.4, 0.5) is 17.2 Å². The van der Waals surface area contributed by atoms with Gasteiger partial charge in [0.15, 0.2) is 0 Å². The number of aromatic nitrogens is 3. The molecule has 3 heterocycles. The van der Waals surface area contributed by atoms with Crippen LogP contribution in [0, 0.1) is 6.92 Å². The molecule has 0 bridgehead atoms. The van der Waals surface area contributed by atoms with Crippen LogP contribution >= 0.6 is 0 Å². The fourth-order valence-electron chi connectivity index (χ4n) is 3.04. The molecule has 3 aromatic rings. The standard InChI is InChI=1S/C19H21N5O3/c1-12-7-13(20)8-16-17(12)18(23-11-22-16)24-15-3-2-4-21-19(15)27-14-9-25-5-6-26-10-14/h2-4,7-8,11,14H,5-6,9-10,20H2,1H3,(H,22,23,24). The number of rotatable bonds is 4. The Morgan fingerprint density at radius 3 is 2.78 bits per heavy atom. The molecule has 1 fully saturated rings. The van der Waals surface area contributed by atoms with Crippen molar-refractivity contribution in [1.29, 1.82) is 0 Å². The molecule has 8 nitrogen and oxygen atoms in total. The van der Waals surface area contributed by atoms with Gasteiger partial charge in [-0.15, -0.1) is 0 Å². The molecule has 3 N–H and O–H groups in total. The summed E-state index contributed by atoms with van der Waals surface area (Å²) in [6, 6.07) is 7.46. The first-order valence-electron chi connectivity index (χ1n) is 8.76. The Bertz CT molecular complexity index is 942. The maximum absolute atomic E-state index is 6.01. The summed E-state index contributed by atoms with van der Waals surface area (Å²) in [7, 11) is 0. The number of hydrogen-bond donors (Lipinski definition) is 2. The van der Waals surface area contributed by atoms with Crippen molar-refractivity contribution in [2.24, 2.45) is 0 Å². The number of benzene rings is 1. The molecule has 1 aromatic carbocycles. The number of ether oxygens (including phenoxy) is 3. The molecule has 2 aromatic heterocycles. The molecule has 1 aliphatic heterocycles. The molecule has 0 saturated carbocycles. The fourth-order valence-corrected chi connectivity index (χ4v) is 3.04. The summed E-state index contributed by atoms with van der Waals surface area (Å²) in [6.07, 6.45) is 2.97. The van der Waals surface area contributed by atoms with Crippen LogP contribution in [0.3, 0.4) is 0 Å². The monoisotopic (exact) mass is 367 g/mol. The molecule has 0 amide bonds. The van der Waals surface area contributed by atoms with E-state index in [9.17, 15) is 0 Å². The number of anilines is 3. The topological polar surface area (TPSA) is 104 Å². The Morgan fingerprint density at radius 1 is 1.15 bits per heavy atom. The number of hydrogen-bond acceptors (Lipinski definition) is 8. The molecule has 1 aliphatic rings. The highest BCUT2D eigenvalue weighted by Crippen LogP contribution is 2.31. The Morgan fingerprint density at radius 2 is 1.96 bits per heavy atom. The minimum atomic E-state index is -0.216. The van der Waals surface area contributed by atoms with Gasteiger partial charge in [-0.05, 0) is 36.8 Å². The first-order chi connectivity index (χ1) is 13.2. The van der Waals surface area contributed by atoms with Gasteiger partial charge in [0.1, 0.15) is 23.9 Å². The third-order valence-electron chi connectivity index (χ3n) is 4.24. The van der Waals surface area contributed by atoms with Gasteiger partial charge in [-0.25, -0.2) is 15.0 Å². The highest BCUT2D eigenvalue weighted by Gasteiger charge is 2.18. The maximum atomic E-state index is 6.01. The second-order valence-electron chi connectivity index (χ2n) is 6.33. The molecule has 8 heteroatoms. The number of aryl methyl sites for hydroxylation is 1. The third kappa shape index (κ3) is 3.91. The number of nitrogens with zero attached hydrogens (tertiary/aromatic N) is 3. The summed E-state index contributed by atoms with van der Waals surface area (Å²) >= 11 is 0. The van der Waals surface area contributed by atoms with Crippen molar-refractivity contribution in [2.45, 2.75) is 13.0 Å². The SMILES string of the molecule is Cc1cc(N)cc2ncnc(Nc3cccnc3OC3COCCOC3)c12. The molecule has 0 radical (unpaired) electrons. The summed E-state index contributed by atoms with van der Waals surface area (Å²) < 4.78 is 17.0. The van der Waals surface area contributed by atoms with E-state index in [1.807, 2.05) is 31.2 Å². The minimum Gasteiger partial charge on any atom is -0.468 e. The quantitative estimate of drug-likeness (QED) is 0.678. The zero-order chi connectivity index (χ0) is 18.6. The highest BCUT2D eigenvalue weighted by molar-refractivity contribution is 5.95. The lowest BCUT2D eigenvalue weighted by molar-refractivity contribution is 0.0573. The number of nitrogens with two attached hydrogens (primary N) is 1. The highest BCUT2D eigenvalue weighted by atomic mass is 16.6. The van der Waals surface area contributed by atoms with Crippen molar-refractivity contribution in [3.05, 3.63) is 42.4 Å². The van der Waals surface area contributed by atoms with Crippen LogP contribution in [0.15, 0.2) is 36.8 Å². The number of fused-ring (bicyclic) bond motifs is 1. The lowest BCUT2D eigenvalue weighted by atomic mass is 10.1. The molecule has 0 atom stereocenters.